The minimum atomic E-state index is -0.515. The van der Waals surface area contributed by atoms with Gasteiger partial charge in [-0.1, -0.05) is 23.8 Å². The summed E-state index contributed by atoms with van der Waals surface area (Å²) in [6.45, 7) is 8.06. The second-order valence-corrected chi connectivity index (χ2v) is 9.01. The van der Waals surface area contributed by atoms with E-state index in [1.54, 1.807) is 45.6 Å². The Labute approximate surface area is 199 Å². The van der Waals surface area contributed by atoms with Crippen molar-refractivity contribution in [1.82, 2.24) is 0 Å². The summed E-state index contributed by atoms with van der Waals surface area (Å²) < 4.78 is 29.4. The fraction of sp³-hybridized carbons (Fsp3) is 0.321. The van der Waals surface area contributed by atoms with E-state index in [1.807, 2.05) is 39.8 Å². The number of methoxy groups -OCH3 is 3. The molecule has 178 valence electrons. The molecule has 6 heteroatoms. The number of hydrogen-bond donors (Lipinski definition) is 0. The van der Waals surface area contributed by atoms with Crippen LogP contribution in [0.5, 0.6) is 23.0 Å². The van der Waals surface area contributed by atoms with Gasteiger partial charge in [0.1, 0.15) is 39.5 Å². The molecule has 3 aromatic rings. The van der Waals surface area contributed by atoms with Gasteiger partial charge in [-0.3, -0.25) is 0 Å². The van der Waals surface area contributed by atoms with Gasteiger partial charge in [-0.2, -0.15) is 0 Å². The highest BCUT2D eigenvalue weighted by Gasteiger charge is 2.32. The molecule has 0 N–H and O–H groups in total. The van der Waals surface area contributed by atoms with Gasteiger partial charge in [-0.05, 0) is 64.0 Å². The van der Waals surface area contributed by atoms with Gasteiger partial charge in [0.25, 0.3) is 0 Å². The third kappa shape index (κ3) is 4.04. The lowest BCUT2D eigenvalue weighted by Crippen LogP contribution is -2.28. The fourth-order valence-corrected chi connectivity index (χ4v) is 4.21. The molecule has 0 unspecified atom stereocenters. The van der Waals surface area contributed by atoms with Crippen molar-refractivity contribution in [3.05, 3.63) is 63.5 Å². The number of rotatable bonds is 6. The molecular formula is C28H30O6. The lowest BCUT2D eigenvalue weighted by Gasteiger charge is -2.31. The Kier molecular flexibility index (Phi) is 6.17. The predicted molar refractivity (Wildman–Crippen MR) is 134 cm³/mol. The largest absolute Gasteiger partial charge is 0.497 e. The topological polar surface area (TPSA) is 67.1 Å². The maximum Gasteiger partial charge on any atom is 0.348 e. The maximum absolute atomic E-state index is 13.3. The zero-order chi connectivity index (χ0) is 24.6. The van der Waals surface area contributed by atoms with Crippen molar-refractivity contribution >= 4 is 17.0 Å². The molecule has 0 aliphatic carbocycles. The second kappa shape index (κ2) is 8.93. The monoisotopic (exact) mass is 462 g/mol. The average Bonchev–Trinajstić information content (AvgIpc) is 2.80. The van der Waals surface area contributed by atoms with Crippen molar-refractivity contribution in [3.8, 4) is 34.1 Å². The first kappa shape index (κ1) is 23.5. The molecule has 0 amide bonds. The summed E-state index contributed by atoms with van der Waals surface area (Å²) in [5.41, 5.74) is 3.08. The first-order chi connectivity index (χ1) is 16.2. The first-order valence-electron chi connectivity index (χ1n) is 11.1. The third-order valence-corrected chi connectivity index (χ3v) is 5.86. The minimum absolute atomic E-state index is 0.324. The van der Waals surface area contributed by atoms with Crippen molar-refractivity contribution in [3.63, 3.8) is 0 Å². The highest BCUT2D eigenvalue weighted by Crippen LogP contribution is 2.49. The van der Waals surface area contributed by atoms with E-state index >= 15 is 0 Å². The summed E-state index contributed by atoms with van der Waals surface area (Å²) in [7, 11) is 4.75. The Balaban J connectivity index is 2.14. The van der Waals surface area contributed by atoms with Gasteiger partial charge < -0.3 is 23.4 Å². The number of ether oxygens (including phenoxy) is 4. The number of benzene rings is 2. The molecule has 1 aromatic heterocycles. The van der Waals surface area contributed by atoms with Crippen LogP contribution in [-0.2, 0) is 6.42 Å². The van der Waals surface area contributed by atoms with Crippen LogP contribution in [0.1, 0.15) is 38.8 Å². The van der Waals surface area contributed by atoms with Gasteiger partial charge in [0.05, 0.1) is 26.9 Å². The zero-order valence-electron chi connectivity index (χ0n) is 20.7. The number of fused-ring (bicyclic) bond motifs is 3. The summed E-state index contributed by atoms with van der Waals surface area (Å²) in [4.78, 5) is 13.3. The molecule has 2 aromatic carbocycles. The SMILES string of the molecule is COc1ccc(-c2c(OC)c3c(OC)c(CC=C(C)C)c4c(c3oc2=O)C=CC(C)(C)O4)cc1. The van der Waals surface area contributed by atoms with Crippen LogP contribution >= 0.6 is 0 Å². The molecule has 0 radical (unpaired) electrons. The molecule has 1 aliphatic heterocycles. The van der Waals surface area contributed by atoms with Gasteiger partial charge in [-0.15, -0.1) is 0 Å². The first-order valence-corrected chi connectivity index (χ1v) is 11.1. The van der Waals surface area contributed by atoms with Crippen LogP contribution in [0, 0.1) is 0 Å². The van der Waals surface area contributed by atoms with Crippen molar-refractivity contribution < 1.29 is 23.4 Å². The fourth-order valence-electron chi connectivity index (χ4n) is 4.21. The van der Waals surface area contributed by atoms with Crippen LogP contribution in [0.2, 0.25) is 0 Å². The maximum atomic E-state index is 13.3. The van der Waals surface area contributed by atoms with E-state index in [1.165, 1.54) is 5.57 Å². The van der Waals surface area contributed by atoms with Crippen LogP contribution in [-0.4, -0.2) is 26.9 Å². The summed E-state index contributed by atoms with van der Waals surface area (Å²) in [6.07, 6.45) is 6.61. The van der Waals surface area contributed by atoms with E-state index in [-0.39, 0.29) is 0 Å². The number of hydrogen-bond acceptors (Lipinski definition) is 6. The number of allylic oxidation sites excluding steroid dienone is 2. The van der Waals surface area contributed by atoms with Gasteiger partial charge in [0, 0.05) is 5.56 Å². The summed E-state index contributed by atoms with van der Waals surface area (Å²) >= 11 is 0. The minimum Gasteiger partial charge on any atom is -0.497 e. The highest BCUT2D eigenvalue weighted by atomic mass is 16.5. The molecule has 0 atom stereocenters. The van der Waals surface area contributed by atoms with Crippen LogP contribution in [0.4, 0.5) is 0 Å². The van der Waals surface area contributed by atoms with E-state index in [4.69, 9.17) is 23.4 Å². The van der Waals surface area contributed by atoms with E-state index in [9.17, 15) is 4.79 Å². The van der Waals surface area contributed by atoms with E-state index in [2.05, 4.69) is 6.08 Å². The summed E-state index contributed by atoms with van der Waals surface area (Å²) in [5.74, 6) is 2.30. The normalized spacial score (nSPS) is 13.7. The Hall–Kier alpha value is -3.67. The molecule has 4 rings (SSSR count). The van der Waals surface area contributed by atoms with E-state index in [0.29, 0.717) is 57.1 Å². The quantitative estimate of drug-likeness (QED) is 0.322. The van der Waals surface area contributed by atoms with Gasteiger partial charge in [0.2, 0.25) is 0 Å². The van der Waals surface area contributed by atoms with Gasteiger partial charge >= 0.3 is 5.63 Å². The van der Waals surface area contributed by atoms with E-state index in [0.717, 1.165) is 5.56 Å². The van der Waals surface area contributed by atoms with Crippen molar-refractivity contribution in [2.75, 3.05) is 21.3 Å². The molecule has 0 saturated heterocycles. The van der Waals surface area contributed by atoms with Crippen LogP contribution < -0.4 is 24.6 Å². The highest BCUT2D eigenvalue weighted by molar-refractivity contribution is 6.02. The molecule has 0 saturated carbocycles. The summed E-state index contributed by atoms with van der Waals surface area (Å²) in [5, 5.41) is 0.597. The Bertz CT molecular complexity index is 1350. The smallest absolute Gasteiger partial charge is 0.348 e. The molecule has 34 heavy (non-hydrogen) atoms. The Morgan fingerprint density at radius 3 is 2.26 bits per heavy atom. The molecule has 0 fully saturated rings. The van der Waals surface area contributed by atoms with Crippen molar-refractivity contribution in [2.45, 2.75) is 39.7 Å². The molecule has 2 heterocycles. The molecule has 1 aliphatic rings. The van der Waals surface area contributed by atoms with Crippen LogP contribution in [0.25, 0.3) is 28.2 Å². The van der Waals surface area contributed by atoms with Gasteiger partial charge in [-0.25, -0.2) is 4.79 Å². The third-order valence-electron chi connectivity index (χ3n) is 5.86. The van der Waals surface area contributed by atoms with Crippen LogP contribution in [0.15, 0.2) is 51.2 Å². The molecular weight excluding hydrogens is 432 g/mol. The van der Waals surface area contributed by atoms with E-state index < -0.39 is 11.2 Å². The average molecular weight is 463 g/mol. The summed E-state index contributed by atoms with van der Waals surface area (Å²) in [6, 6.07) is 7.20. The lowest BCUT2D eigenvalue weighted by molar-refractivity contribution is 0.157. The lowest BCUT2D eigenvalue weighted by atomic mass is 9.93. The van der Waals surface area contributed by atoms with Crippen molar-refractivity contribution in [2.24, 2.45) is 0 Å². The Morgan fingerprint density at radius 1 is 1.00 bits per heavy atom. The standard InChI is InChI=1S/C28H30O6/c1-16(2)8-13-19-23-20(14-15-28(3,4)34-23)25-22(24(19)31-6)26(32-7)21(27(29)33-25)17-9-11-18(30-5)12-10-17/h8-12,14-15H,13H2,1-7H3. The zero-order valence-corrected chi connectivity index (χ0v) is 20.7. The molecule has 0 spiro atoms. The Morgan fingerprint density at radius 2 is 1.68 bits per heavy atom. The molecule has 0 bridgehead atoms. The predicted octanol–water partition coefficient (Wildman–Crippen LogP) is 6.18. The molecule has 6 nitrogen and oxygen atoms in total. The van der Waals surface area contributed by atoms with Gasteiger partial charge in [0.15, 0.2) is 5.58 Å². The van der Waals surface area contributed by atoms with Crippen LogP contribution in [0.3, 0.4) is 0 Å². The van der Waals surface area contributed by atoms with Crippen molar-refractivity contribution in [1.29, 1.82) is 0 Å². The second-order valence-electron chi connectivity index (χ2n) is 9.01.